The zero-order chi connectivity index (χ0) is 15.5. The van der Waals surface area contributed by atoms with Crippen molar-refractivity contribution in [2.45, 2.75) is 37.6 Å². The smallest absolute Gasteiger partial charge is 0.337 e. The number of carboxylic acids is 1. The van der Waals surface area contributed by atoms with E-state index in [2.05, 4.69) is 16.6 Å². The molecule has 0 spiro atoms. The first kappa shape index (κ1) is 15.9. The van der Waals surface area contributed by atoms with E-state index in [1.807, 2.05) is 0 Å². The summed E-state index contributed by atoms with van der Waals surface area (Å²) in [5.41, 5.74) is -0.0324. The third-order valence-electron chi connectivity index (χ3n) is 3.87. The molecule has 0 saturated heterocycles. The monoisotopic (exact) mass is 312 g/mol. The Bertz CT molecular complexity index is 598. The second-order valence-electron chi connectivity index (χ2n) is 5.68. The number of nitrogens with zero attached hydrogens (tertiary/aromatic N) is 1. The van der Waals surface area contributed by atoms with Crippen LogP contribution in [0.25, 0.3) is 0 Å². The number of aromatic carboxylic acids is 1. The predicted molar refractivity (Wildman–Crippen MR) is 77.5 cm³/mol. The number of sulfonamides is 1. The van der Waals surface area contributed by atoms with Crippen molar-refractivity contribution < 1.29 is 18.3 Å². The predicted octanol–water partition coefficient (Wildman–Crippen LogP) is 1.88. The highest BCUT2D eigenvalue weighted by Crippen LogP contribution is 2.28. The van der Waals surface area contributed by atoms with Crippen molar-refractivity contribution in [2.75, 3.05) is 6.54 Å². The highest BCUT2D eigenvalue weighted by atomic mass is 32.2. The molecule has 0 aliphatic heterocycles. The number of carbonyl (C=O) groups is 1. The van der Waals surface area contributed by atoms with Crippen molar-refractivity contribution in [3.05, 3.63) is 23.9 Å². The summed E-state index contributed by atoms with van der Waals surface area (Å²) in [6.07, 6.45) is 5.48. The van der Waals surface area contributed by atoms with E-state index in [0.717, 1.165) is 25.5 Å². The van der Waals surface area contributed by atoms with Crippen molar-refractivity contribution in [1.29, 1.82) is 0 Å². The van der Waals surface area contributed by atoms with Crippen LogP contribution in [0.3, 0.4) is 0 Å². The van der Waals surface area contributed by atoms with E-state index >= 15 is 0 Å². The Morgan fingerprint density at radius 3 is 2.76 bits per heavy atom. The lowest BCUT2D eigenvalue weighted by atomic mass is 9.83. The van der Waals surface area contributed by atoms with Crippen LogP contribution in [-0.4, -0.2) is 31.0 Å². The number of nitrogens with one attached hydrogen (secondary N) is 1. The quantitative estimate of drug-likeness (QED) is 0.865. The standard InChI is InChI=1S/C14H20N2O4S/c1-10-3-2-4-11(7-10)8-16-21(19,20)13-6-5-12(9-15-13)14(17)18/h5-6,9-11,16H,2-4,7-8H2,1H3,(H,17,18). The molecule has 6 nitrogen and oxygen atoms in total. The lowest BCUT2D eigenvalue weighted by Crippen LogP contribution is -2.32. The van der Waals surface area contributed by atoms with Crippen LogP contribution in [0, 0.1) is 11.8 Å². The van der Waals surface area contributed by atoms with Crippen molar-refractivity contribution in [3.8, 4) is 0 Å². The second kappa shape index (κ2) is 6.53. The Hall–Kier alpha value is -1.47. The molecule has 0 amide bonds. The summed E-state index contributed by atoms with van der Waals surface area (Å²) in [5.74, 6) is -0.126. The highest BCUT2D eigenvalue weighted by molar-refractivity contribution is 7.89. The van der Waals surface area contributed by atoms with Crippen LogP contribution in [0.15, 0.2) is 23.4 Å². The molecule has 21 heavy (non-hydrogen) atoms. The number of aromatic nitrogens is 1. The van der Waals surface area contributed by atoms with Crippen LogP contribution >= 0.6 is 0 Å². The first-order valence-corrected chi connectivity index (χ1v) is 8.56. The molecule has 1 aromatic rings. The summed E-state index contributed by atoms with van der Waals surface area (Å²) in [6.45, 7) is 2.60. The minimum absolute atomic E-state index is 0.0324. The molecular weight excluding hydrogens is 292 g/mol. The maximum absolute atomic E-state index is 12.1. The molecule has 1 aliphatic carbocycles. The first-order valence-electron chi connectivity index (χ1n) is 7.07. The number of hydrogen-bond donors (Lipinski definition) is 2. The molecule has 2 rings (SSSR count). The first-order chi connectivity index (χ1) is 9.88. The van der Waals surface area contributed by atoms with Crippen LogP contribution in [0.2, 0.25) is 0 Å². The Labute approximate surface area is 124 Å². The Balaban J connectivity index is 1.99. The van der Waals surface area contributed by atoms with E-state index < -0.39 is 16.0 Å². The zero-order valence-corrected chi connectivity index (χ0v) is 12.8. The van der Waals surface area contributed by atoms with Gasteiger partial charge in [-0.05, 0) is 36.8 Å². The minimum atomic E-state index is -3.67. The highest BCUT2D eigenvalue weighted by Gasteiger charge is 2.22. The second-order valence-corrected chi connectivity index (χ2v) is 7.39. The summed E-state index contributed by atoms with van der Waals surface area (Å²) in [6, 6.07) is 2.46. The Kier molecular flexibility index (Phi) is 4.95. The summed E-state index contributed by atoms with van der Waals surface area (Å²) in [4.78, 5) is 14.4. The molecule has 1 aromatic heterocycles. The van der Waals surface area contributed by atoms with Crippen LogP contribution in [-0.2, 0) is 10.0 Å². The maximum Gasteiger partial charge on any atom is 0.337 e. The van der Waals surface area contributed by atoms with Crippen LogP contribution in [0.4, 0.5) is 0 Å². The van der Waals surface area contributed by atoms with Gasteiger partial charge in [-0.1, -0.05) is 19.8 Å². The largest absolute Gasteiger partial charge is 0.478 e. The molecule has 0 bridgehead atoms. The molecule has 1 fully saturated rings. The lowest BCUT2D eigenvalue weighted by Gasteiger charge is -2.26. The Morgan fingerprint density at radius 2 is 2.19 bits per heavy atom. The minimum Gasteiger partial charge on any atom is -0.478 e. The van der Waals surface area contributed by atoms with Crippen molar-refractivity contribution in [2.24, 2.45) is 11.8 Å². The molecule has 0 aromatic carbocycles. The van der Waals surface area contributed by atoms with E-state index in [1.165, 1.54) is 18.6 Å². The van der Waals surface area contributed by atoms with Crippen LogP contribution < -0.4 is 4.72 Å². The number of rotatable bonds is 5. The molecular formula is C14H20N2O4S. The molecule has 0 radical (unpaired) electrons. The van der Waals surface area contributed by atoms with E-state index in [-0.39, 0.29) is 10.6 Å². The molecule has 2 atom stereocenters. The van der Waals surface area contributed by atoms with Gasteiger partial charge in [0.2, 0.25) is 0 Å². The summed E-state index contributed by atoms with van der Waals surface area (Å²) < 4.78 is 26.8. The third kappa shape index (κ3) is 4.25. The van der Waals surface area contributed by atoms with Gasteiger partial charge in [-0.25, -0.2) is 22.9 Å². The van der Waals surface area contributed by atoms with Gasteiger partial charge >= 0.3 is 5.97 Å². The van der Waals surface area contributed by atoms with Gasteiger partial charge in [0, 0.05) is 12.7 Å². The third-order valence-corrected chi connectivity index (χ3v) is 5.20. The van der Waals surface area contributed by atoms with Crippen LogP contribution in [0.1, 0.15) is 43.0 Å². The SMILES string of the molecule is CC1CCCC(CNS(=O)(=O)c2ccc(C(=O)O)cn2)C1. The fourth-order valence-corrected chi connectivity index (χ4v) is 3.75. The van der Waals surface area contributed by atoms with Gasteiger partial charge in [0.1, 0.15) is 0 Å². The molecule has 1 heterocycles. The van der Waals surface area contributed by atoms with Crippen molar-refractivity contribution >= 4 is 16.0 Å². The van der Waals surface area contributed by atoms with Gasteiger partial charge in [-0.15, -0.1) is 0 Å². The van der Waals surface area contributed by atoms with Crippen molar-refractivity contribution in [1.82, 2.24) is 9.71 Å². The molecule has 1 saturated carbocycles. The van der Waals surface area contributed by atoms with E-state index in [4.69, 9.17) is 5.11 Å². The summed E-state index contributed by atoms with van der Waals surface area (Å²) in [7, 11) is -3.67. The lowest BCUT2D eigenvalue weighted by molar-refractivity contribution is 0.0696. The summed E-state index contributed by atoms with van der Waals surface area (Å²) >= 11 is 0. The van der Waals surface area contributed by atoms with E-state index in [0.29, 0.717) is 18.4 Å². The molecule has 1 aliphatic rings. The van der Waals surface area contributed by atoms with Gasteiger partial charge in [0.15, 0.2) is 5.03 Å². The average Bonchev–Trinajstić information content (AvgIpc) is 2.45. The van der Waals surface area contributed by atoms with Crippen LogP contribution in [0.5, 0.6) is 0 Å². The van der Waals surface area contributed by atoms with Gasteiger partial charge in [0.25, 0.3) is 10.0 Å². The Morgan fingerprint density at radius 1 is 1.43 bits per heavy atom. The molecule has 2 N–H and O–H groups in total. The molecule has 116 valence electrons. The van der Waals surface area contributed by atoms with E-state index in [1.54, 1.807) is 0 Å². The average molecular weight is 312 g/mol. The number of hydrogen-bond acceptors (Lipinski definition) is 4. The number of carboxylic acid groups (broad SMARTS) is 1. The fraction of sp³-hybridized carbons (Fsp3) is 0.571. The summed E-state index contributed by atoms with van der Waals surface area (Å²) in [5, 5.41) is 8.63. The maximum atomic E-state index is 12.1. The topological polar surface area (TPSA) is 96.4 Å². The normalized spacial score (nSPS) is 22.9. The fourth-order valence-electron chi connectivity index (χ4n) is 2.71. The molecule has 2 unspecified atom stereocenters. The van der Waals surface area contributed by atoms with Crippen molar-refractivity contribution in [3.63, 3.8) is 0 Å². The van der Waals surface area contributed by atoms with E-state index in [9.17, 15) is 13.2 Å². The van der Waals surface area contributed by atoms with Gasteiger partial charge < -0.3 is 5.11 Å². The van der Waals surface area contributed by atoms with Gasteiger partial charge in [-0.3, -0.25) is 0 Å². The zero-order valence-electron chi connectivity index (χ0n) is 11.9. The number of pyridine rings is 1. The molecule has 7 heteroatoms. The van der Waals surface area contributed by atoms with Gasteiger partial charge in [0.05, 0.1) is 5.56 Å². The van der Waals surface area contributed by atoms with Gasteiger partial charge in [-0.2, -0.15) is 0 Å².